The van der Waals surface area contributed by atoms with E-state index in [0.29, 0.717) is 45.7 Å². The highest BCUT2D eigenvalue weighted by molar-refractivity contribution is 7.69. The van der Waals surface area contributed by atoms with Crippen molar-refractivity contribution in [3.63, 3.8) is 0 Å². The second-order valence-corrected chi connectivity index (χ2v) is 12.4. The van der Waals surface area contributed by atoms with Gasteiger partial charge in [0.15, 0.2) is 11.2 Å². The van der Waals surface area contributed by atoms with Crippen LogP contribution in [0, 0.1) is 0 Å². The van der Waals surface area contributed by atoms with Crippen LogP contribution < -0.4 is 10.3 Å². The van der Waals surface area contributed by atoms with Crippen molar-refractivity contribution in [2.45, 2.75) is 25.0 Å². The van der Waals surface area contributed by atoms with E-state index in [1.165, 1.54) is 6.07 Å². The second-order valence-electron chi connectivity index (χ2n) is 9.32. The number of fused-ring (bicyclic) bond motifs is 9. The van der Waals surface area contributed by atoms with Crippen molar-refractivity contribution in [2.75, 3.05) is 20.4 Å². The highest BCUT2D eigenvalue weighted by atomic mass is 31.2. The maximum Gasteiger partial charge on any atom is 0.387 e. The number of hydrogen-bond donors (Lipinski definition) is 0. The highest BCUT2D eigenvalue weighted by Gasteiger charge is 2.46. The van der Waals surface area contributed by atoms with Gasteiger partial charge in [-0.2, -0.15) is 13.9 Å². The molecule has 6 rings (SSSR count). The first-order valence-corrected chi connectivity index (χ1v) is 13.9. The summed E-state index contributed by atoms with van der Waals surface area (Å²) < 4.78 is 45.3. The van der Waals surface area contributed by atoms with Crippen LogP contribution in [0.4, 0.5) is 8.78 Å². The van der Waals surface area contributed by atoms with E-state index in [-0.39, 0.29) is 17.7 Å². The minimum atomic E-state index is -3.03. The molecule has 1 aromatic carbocycles. The number of alkyl halides is 2. The van der Waals surface area contributed by atoms with Gasteiger partial charge in [-0.15, -0.1) is 0 Å². The molecule has 36 heavy (non-hydrogen) atoms. The van der Waals surface area contributed by atoms with Gasteiger partial charge in [0.05, 0.1) is 17.4 Å². The zero-order valence-electron chi connectivity index (χ0n) is 19.6. The Morgan fingerprint density at radius 1 is 1.14 bits per heavy atom. The van der Waals surface area contributed by atoms with E-state index in [1.54, 1.807) is 66.6 Å². The van der Waals surface area contributed by atoms with Crippen LogP contribution in [0.15, 0.2) is 42.9 Å². The number of nitrogens with zero attached hydrogens (tertiary/aromatic N) is 6. The number of benzene rings is 1. The van der Waals surface area contributed by atoms with Gasteiger partial charge < -0.3 is 14.2 Å². The molecule has 3 aromatic heterocycles. The summed E-state index contributed by atoms with van der Waals surface area (Å²) in [5.41, 5.74) is 4.27. The molecule has 1 aliphatic carbocycles. The van der Waals surface area contributed by atoms with E-state index in [1.807, 2.05) is 0 Å². The number of rotatable bonds is 4. The lowest BCUT2D eigenvalue weighted by atomic mass is 9.89. The van der Waals surface area contributed by atoms with E-state index in [4.69, 9.17) is 14.8 Å². The van der Waals surface area contributed by atoms with Crippen molar-refractivity contribution in [3.8, 4) is 17.0 Å². The largest absolute Gasteiger partial charge is 0.434 e. The van der Waals surface area contributed by atoms with Gasteiger partial charge >= 0.3 is 6.61 Å². The zero-order chi connectivity index (χ0) is 25.4. The van der Waals surface area contributed by atoms with Crippen molar-refractivity contribution in [3.05, 3.63) is 65.2 Å². The molecule has 1 amide bonds. The maximum absolute atomic E-state index is 13.3. The molecule has 4 heterocycles. The van der Waals surface area contributed by atoms with Gasteiger partial charge in [-0.3, -0.25) is 4.79 Å². The third-order valence-electron chi connectivity index (χ3n) is 6.74. The number of carbonyl (C=O) groups excluding carboxylic acids is 1. The van der Waals surface area contributed by atoms with E-state index < -0.39 is 19.7 Å². The van der Waals surface area contributed by atoms with Crippen LogP contribution in [-0.4, -0.2) is 62.4 Å². The summed E-state index contributed by atoms with van der Waals surface area (Å²) >= 11 is 0. The number of carbonyl (C=O) groups is 1. The van der Waals surface area contributed by atoms with Crippen molar-refractivity contribution < 1.29 is 22.9 Å². The lowest BCUT2D eigenvalue weighted by Crippen LogP contribution is -2.30. The summed E-state index contributed by atoms with van der Waals surface area (Å²) in [5.74, 6) is -0.700. The van der Waals surface area contributed by atoms with Crippen molar-refractivity contribution in [2.24, 2.45) is 0 Å². The Balaban J connectivity index is 1.53. The number of aromatic nitrogens is 5. The maximum atomic E-state index is 13.3. The van der Waals surface area contributed by atoms with Crippen LogP contribution in [0.25, 0.3) is 16.9 Å². The first kappa shape index (κ1) is 22.7. The Hall–Kier alpha value is -3.72. The molecular weight excluding hydrogens is 489 g/mol. The standard InChI is InChI=1S/C24H21F2N6O3P/c1-31-16-9-14(18-13(22(31)33)5-4-6-17(18)35-23(25)26)19-20(16)30-32-8-7-15(29-21(19)32)12-10-27-24(28-11-12)36(2,3)34/h4-8,10-11,14,16,23H,9H2,1-3H3. The molecule has 12 heteroatoms. The average Bonchev–Trinajstić information content (AvgIpc) is 3.36. The molecule has 0 N–H and O–H groups in total. The molecular formula is C24H21F2N6O3P. The smallest absolute Gasteiger partial charge is 0.387 e. The predicted octanol–water partition coefficient (Wildman–Crippen LogP) is 3.70. The van der Waals surface area contributed by atoms with Gasteiger partial charge in [-0.05, 0) is 37.9 Å². The normalized spacial score (nSPS) is 18.9. The van der Waals surface area contributed by atoms with Gasteiger partial charge in [-0.25, -0.2) is 19.5 Å². The second kappa shape index (κ2) is 7.89. The fourth-order valence-corrected chi connectivity index (χ4v) is 5.78. The van der Waals surface area contributed by atoms with Crippen LogP contribution in [0.1, 0.15) is 45.6 Å². The van der Waals surface area contributed by atoms with Crippen molar-refractivity contribution in [1.82, 2.24) is 29.5 Å². The van der Waals surface area contributed by atoms with E-state index in [0.717, 1.165) is 5.56 Å². The molecule has 2 atom stereocenters. The Bertz CT molecular complexity index is 1580. The number of ether oxygens (including phenoxy) is 1. The van der Waals surface area contributed by atoms with Gasteiger partial charge in [0, 0.05) is 53.8 Å². The SMILES string of the molecule is CN1C(=O)c2cccc(OC(F)F)c2C2CC1c1nn3ccc(-c4cnc(P(C)(C)=O)nc4)nc3c12. The third-order valence-corrected chi connectivity index (χ3v) is 7.93. The predicted molar refractivity (Wildman–Crippen MR) is 127 cm³/mol. The molecule has 2 unspecified atom stereocenters. The first-order chi connectivity index (χ1) is 17.1. The summed E-state index contributed by atoms with van der Waals surface area (Å²) in [7, 11) is -0.906. The fourth-order valence-electron chi connectivity index (χ4n) is 5.11. The minimum Gasteiger partial charge on any atom is -0.434 e. The van der Waals surface area contributed by atoms with Gasteiger partial charge in [0.25, 0.3) is 5.91 Å². The fraction of sp³-hybridized carbons (Fsp3) is 0.292. The quantitative estimate of drug-likeness (QED) is 0.386. The summed E-state index contributed by atoms with van der Waals surface area (Å²) in [6.45, 7) is 0.185. The van der Waals surface area contributed by atoms with Crippen LogP contribution in [-0.2, 0) is 4.57 Å². The molecule has 0 spiro atoms. The Morgan fingerprint density at radius 3 is 2.58 bits per heavy atom. The van der Waals surface area contributed by atoms with Crippen LogP contribution in [0.5, 0.6) is 5.75 Å². The topological polar surface area (TPSA) is 103 Å². The van der Waals surface area contributed by atoms with Crippen molar-refractivity contribution in [1.29, 1.82) is 0 Å². The molecule has 184 valence electrons. The first-order valence-electron chi connectivity index (χ1n) is 11.3. The highest BCUT2D eigenvalue weighted by Crippen LogP contribution is 2.53. The lowest BCUT2D eigenvalue weighted by molar-refractivity contribution is -0.0505. The number of halogens is 2. The molecule has 0 fully saturated rings. The summed E-state index contributed by atoms with van der Waals surface area (Å²) in [4.78, 5) is 28.2. The Labute approximate surface area is 204 Å². The molecule has 9 nitrogen and oxygen atoms in total. The Morgan fingerprint density at radius 2 is 1.89 bits per heavy atom. The number of amides is 1. The van der Waals surface area contributed by atoms with Crippen molar-refractivity contribution >= 4 is 24.3 Å². The average molecular weight is 510 g/mol. The molecule has 2 aliphatic rings. The summed E-state index contributed by atoms with van der Waals surface area (Å²) in [5, 5.41) is 4.71. The molecule has 2 bridgehead atoms. The van der Waals surface area contributed by atoms with Crippen LogP contribution in [0.3, 0.4) is 0 Å². The number of hydrogen-bond acceptors (Lipinski definition) is 7. The van der Waals surface area contributed by atoms with Gasteiger partial charge in [0.2, 0.25) is 0 Å². The lowest BCUT2D eigenvalue weighted by Gasteiger charge is -2.23. The molecule has 1 aliphatic heterocycles. The van der Waals surface area contributed by atoms with E-state index >= 15 is 0 Å². The molecule has 4 aromatic rings. The van der Waals surface area contributed by atoms with E-state index in [9.17, 15) is 18.1 Å². The minimum absolute atomic E-state index is 0.0224. The summed E-state index contributed by atoms with van der Waals surface area (Å²) in [6.07, 6.45) is 5.40. The Kier molecular flexibility index (Phi) is 4.98. The molecule has 0 radical (unpaired) electrons. The molecule has 0 saturated carbocycles. The van der Waals surface area contributed by atoms with Gasteiger partial charge in [0.1, 0.15) is 12.9 Å². The monoisotopic (exact) mass is 510 g/mol. The third kappa shape index (κ3) is 3.41. The van der Waals surface area contributed by atoms with Crippen LogP contribution >= 0.6 is 7.14 Å². The summed E-state index contributed by atoms with van der Waals surface area (Å²) in [6, 6.07) is 6.07. The van der Waals surface area contributed by atoms with Crippen LogP contribution in [0.2, 0.25) is 0 Å². The van der Waals surface area contributed by atoms with E-state index in [2.05, 4.69) is 9.97 Å². The van der Waals surface area contributed by atoms with Gasteiger partial charge in [-0.1, -0.05) is 6.07 Å². The zero-order valence-corrected chi connectivity index (χ0v) is 20.5. The molecule has 0 saturated heterocycles.